The van der Waals surface area contributed by atoms with Gasteiger partial charge in [0, 0.05) is 31.8 Å². The topological polar surface area (TPSA) is 129 Å². The fourth-order valence-electron chi connectivity index (χ4n) is 4.75. The van der Waals surface area contributed by atoms with E-state index < -0.39 is 24.1 Å². The minimum absolute atomic E-state index is 0.0105. The standard InChI is InChI=1S/C26H42N4O6S/c1-8-16(4)22(28-23(32)19-11-9-10-12-29(19)6)25(33)30(7)20(15(2)3)13-21(36-17(5)31)24-27-18(14-37-24)26(34)35/h14-16,19-22H,8-13H2,1-7H3,(H,28,32)(H,34,35)/t16?,19-,20?,21?,22?/m1/s1. The van der Waals surface area contributed by atoms with Gasteiger partial charge in [0.2, 0.25) is 11.8 Å². The molecule has 2 amide bonds. The number of nitrogens with zero attached hydrogens (tertiary/aromatic N) is 3. The molecule has 2 heterocycles. The molecule has 1 fully saturated rings. The Morgan fingerprint density at radius 1 is 1.27 bits per heavy atom. The van der Waals surface area contributed by atoms with Crippen LogP contribution in [0.3, 0.4) is 0 Å². The smallest absolute Gasteiger partial charge is 0.355 e. The number of aromatic nitrogens is 1. The lowest BCUT2D eigenvalue weighted by Gasteiger charge is -2.38. The first kappa shape index (κ1) is 30.7. The van der Waals surface area contributed by atoms with Gasteiger partial charge in [0.15, 0.2) is 11.8 Å². The molecule has 2 N–H and O–H groups in total. The number of carbonyl (C=O) groups excluding carboxylic acids is 3. The fourth-order valence-corrected chi connectivity index (χ4v) is 5.59. The quantitative estimate of drug-likeness (QED) is 0.388. The van der Waals surface area contributed by atoms with Crippen molar-refractivity contribution < 1.29 is 29.0 Å². The molecule has 0 aromatic carbocycles. The predicted molar refractivity (Wildman–Crippen MR) is 141 cm³/mol. The lowest BCUT2D eigenvalue weighted by atomic mass is 9.92. The monoisotopic (exact) mass is 538 g/mol. The number of rotatable bonds is 12. The van der Waals surface area contributed by atoms with Gasteiger partial charge in [-0.25, -0.2) is 9.78 Å². The van der Waals surface area contributed by atoms with E-state index in [4.69, 9.17) is 4.74 Å². The highest BCUT2D eigenvalue weighted by Crippen LogP contribution is 2.31. The third-order valence-electron chi connectivity index (χ3n) is 7.24. The molecule has 5 atom stereocenters. The van der Waals surface area contributed by atoms with Crippen LogP contribution in [0.5, 0.6) is 0 Å². The van der Waals surface area contributed by atoms with E-state index in [2.05, 4.69) is 10.3 Å². The molecule has 0 aliphatic carbocycles. The van der Waals surface area contributed by atoms with Crippen LogP contribution in [0.15, 0.2) is 5.38 Å². The van der Waals surface area contributed by atoms with Crippen molar-refractivity contribution in [2.45, 2.75) is 91.0 Å². The zero-order valence-electron chi connectivity index (χ0n) is 23.0. The van der Waals surface area contributed by atoms with Gasteiger partial charge in [-0.1, -0.05) is 40.5 Å². The summed E-state index contributed by atoms with van der Waals surface area (Å²) in [5, 5.41) is 14.1. The van der Waals surface area contributed by atoms with Crippen molar-refractivity contribution in [2.24, 2.45) is 11.8 Å². The Morgan fingerprint density at radius 3 is 2.46 bits per heavy atom. The molecule has 208 valence electrons. The van der Waals surface area contributed by atoms with Crippen LogP contribution in [-0.4, -0.2) is 82.4 Å². The molecule has 1 saturated heterocycles. The highest BCUT2D eigenvalue weighted by atomic mass is 32.1. The number of carbonyl (C=O) groups is 4. The van der Waals surface area contributed by atoms with Gasteiger partial charge in [-0.2, -0.15) is 0 Å². The molecule has 1 aliphatic rings. The van der Waals surface area contributed by atoms with Gasteiger partial charge in [0.1, 0.15) is 11.0 Å². The van der Waals surface area contributed by atoms with E-state index in [9.17, 15) is 24.3 Å². The number of hydrogen-bond acceptors (Lipinski definition) is 8. The van der Waals surface area contributed by atoms with E-state index >= 15 is 0 Å². The van der Waals surface area contributed by atoms with Crippen LogP contribution in [0, 0.1) is 11.8 Å². The second-order valence-electron chi connectivity index (χ2n) is 10.3. The van der Waals surface area contributed by atoms with Gasteiger partial charge in [-0.15, -0.1) is 11.3 Å². The van der Waals surface area contributed by atoms with Crippen LogP contribution in [0.2, 0.25) is 0 Å². The number of likely N-dealkylation sites (tertiary alicyclic amines) is 1. The number of hydrogen-bond donors (Lipinski definition) is 2. The van der Waals surface area contributed by atoms with Gasteiger partial charge in [-0.3, -0.25) is 19.3 Å². The number of thiazole rings is 1. The molecule has 4 unspecified atom stereocenters. The van der Waals surface area contributed by atoms with Crippen molar-refractivity contribution in [3.8, 4) is 0 Å². The first-order valence-corrected chi connectivity index (χ1v) is 13.9. The van der Waals surface area contributed by atoms with E-state index in [-0.39, 0.29) is 47.8 Å². The Kier molecular flexibility index (Phi) is 11.5. The van der Waals surface area contributed by atoms with Crippen LogP contribution in [0.1, 0.15) is 88.3 Å². The molecule has 1 aliphatic heterocycles. The molecule has 11 heteroatoms. The number of aromatic carboxylic acids is 1. The number of ether oxygens (including phenoxy) is 1. The summed E-state index contributed by atoms with van der Waals surface area (Å²) < 4.78 is 5.53. The summed E-state index contributed by atoms with van der Waals surface area (Å²) in [4.78, 5) is 58.0. The lowest BCUT2D eigenvalue weighted by molar-refractivity contribution is -0.149. The molecular formula is C26H42N4O6S. The Bertz CT molecular complexity index is 951. The first-order valence-electron chi connectivity index (χ1n) is 13.0. The fraction of sp³-hybridized carbons (Fsp3) is 0.731. The van der Waals surface area contributed by atoms with E-state index in [1.807, 2.05) is 39.6 Å². The zero-order chi connectivity index (χ0) is 27.9. The Balaban J connectivity index is 2.27. The summed E-state index contributed by atoms with van der Waals surface area (Å²) in [6, 6.07) is -1.29. The molecule has 1 aromatic rings. The number of amides is 2. The molecule has 0 saturated carbocycles. The zero-order valence-corrected chi connectivity index (χ0v) is 23.8. The normalized spacial score (nSPS) is 19.5. The van der Waals surface area contributed by atoms with E-state index in [0.717, 1.165) is 37.1 Å². The number of nitrogens with one attached hydrogen (secondary N) is 1. The van der Waals surface area contributed by atoms with Crippen molar-refractivity contribution in [1.29, 1.82) is 0 Å². The molecule has 10 nitrogen and oxygen atoms in total. The van der Waals surface area contributed by atoms with Crippen LogP contribution >= 0.6 is 11.3 Å². The second-order valence-corrected chi connectivity index (χ2v) is 11.2. The largest absolute Gasteiger partial charge is 0.476 e. The summed E-state index contributed by atoms with van der Waals surface area (Å²) in [5.74, 6) is -2.10. The summed E-state index contributed by atoms with van der Waals surface area (Å²) in [5.41, 5.74) is -0.116. The molecule has 1 aromatic heterocycles. The summed E-state index contributed by atoms with van der Waals surface area (Å²) >= 11 is 1.11. The van der Waals surface area contributed by atoms with Crippen molar-refractivity contribution in [1.82, 2.24) is 20.1 Å². The van der Waals surface area contributed by atoms with Gasteiger partial charge in [0.25, 0.3) is 0 Å². The van der Waals surface area contributed by atoms with Crippen LogP contribution < -0.4 is 5.32 Å². The van der Waals surface area contributed by atoms with Crippen LogP contribution in [0.25, 0.3) is 0 Å². The maximum absolute atomic E-state index is 13.8. The molecule has 37 heavy (non-hydrogen) atoms. The Labute approximate surface area is 223 Å². The number of piperidine rings is 1. The van der Waals surface area contributed by atoms with Gasteiger partial charge in [0.05, 0.1) is 6.04 Å². The predicted octanol–water partition coefficient (Wildman–Crippen LogP) is 3.33. The average molecular weight is 539 g/mol. The van der Waals surface area contributed by atoms with Crippen molar-refractivity contribution in [3.05, 3.63) is 16.1 Å². The van der Waals surface area contributed by atoms with Gasteiger partial charge in [-0.05, 0) is 38.3 Å². The Hall–Kier alpha value is -2.53. The summed E-state index contributed by atoms with van der Waals surface area (Å²) in [6.07, 6.45) is 2.97. The van der Waals surface area contributed by atoms with E-state index in [1.54, 1.807) is 11.9 Å². The van der Waals surface area contributed by atoms with Crippen molar-refractivity contribution in [2.75, 3.05) is 20.6 Å². The summed E-state index contributed by atoms with van der Waals surface area (Å²) in [7, 11) is 3.64. The minimum Gasteiger partial charge on any atom is -0.476 e. The third kappa shape index (κ3) is 8.23. The second kappa shape index (κ2) is 13.9. The molecule has 0 bridgehead atoms. The highest BCUT2D eigenvalue weighted by Gasteiger charge is 2.37. The first-order chi connectivity index (χ1) is 17.4. The van der Waals surface area contributed by atoms with Gasteiger partial charge >= 0.3 is 11.9 Å². The lowest BCUT2D eigenvalue weighted by Crippen LogP contribution is -2.58. The highest BCUT2D eigenvalue weighted by molar-refractivity contribution is 7.09. The van der Waals surface area contributed by atoms with Crippen LogP contribution in [-0.2, 0) is 19.1 Å². The molecule has 2 rings (SSSR count). The van der Waals surface area contributed by atoms with Crippen LogP contribution in [0.4, 0.5) is 0 Å². The maximum atomic E-state index is 13.8. The van der Waals surface area contributed by atoms with Gasteiger partial charge < -0.3 is 20.1 Å². The SMILES string of the molecule is CCC(C)C(NC(=O)[C@H]1CCCCN1C)C(=O)N(C)C(CC(OC(C)=O)c1nc(C(=O)O)cs1)C(C)C. The van der Waals surface area contributed by atoms with E-state index in [0.29, 0.717) is 11.4 Å². The number of carboxylic acids is 1. The van der Waals surface area contributed by atoms with Crippen molar-refractivity contribution >= 4 is 35.1 Å². The number of esters is 1. The number of carboxylic acid groups (broad SMARTS) is 1. The maximum Gasteiger partial charge on any atom is 0.355 e. The molecule has 0 radical (unpaired) electrons. The van der Waals surface area contributed by atoms with Crippen molar-refractivity contribution in [3.63, 3.8) is 0 Å². The Morgan fingerprint density at radius 2 is 1.95 bits per heavy atom. The minimum atomic E-state index is -1.16. The third-order valence-corrected chi connectivity index (χ3v) is 8.18. The molecule has 0 spiro atoms. The average Bonchev–Trinajstić information content (AvgIpc) is 3.34. The number of likely N-dealkylation sites (N-methyl/N-ethyl adjacent to an activating group) is 2. The summed E-state index contributed by atoms with van der Waals surface area (Å²) in [6.45, 7) is 10.0. The van der Waals surface area contributed by atoms with E-state index in [1.165, 1.54) is 12.3 Å². The molecular weight excluding hydrogens is 496 g/mol.